The number of nitrogens with zero attached hydrogens (tertiary/aromatic N) is 3. The Morgan fingerprint density at radius 2 is 1.10 bits per heavy atom. The van der Waals surface area contributed by atoms with Crippen LogP contribution in [0.15, 0.2) is 60.7 Å². The predicted octanol–water partition coefficient (Wildman–Crippen LogP) is 6.12. The highest BCUT2D eigenvalue weighted by Crippen LogP contribution is 2.28. The number of rotatable bonds is 14. The first-order chi connectivity index (χ1) is 15.4. The van der Waals surface area contributed by atoms with Crippen molar-refractivity contribution in [1.29, 1.82) is 0 Å². The SMILES string of the molecule is OCCCCCCCCCCCNc1nnc(-c2ccccc2)c(-c2ccccc2)n1. The Labute approximate surface area is 186 Å². The first kappa shape index (κ1) is 22.9. The van der Waals surface area contributed by atoms with Gasteiger partial charge in [0.15, 0.2) is 0 Å². The maximum absolute atomic E-state index is 8.79. The van der Waals surface area contributed by atoms with Gasteiger partial charge in [0.25, 0.3) is 0 Å². The molecular formula is C26H34N4O. The third-order valence-electron chi connectivity index (χ3n) is 5.40. The minimum atomic E-state index is 0.327. The van der Waals surface area contributed by atoms with Gasteiger partial charge in [-0.3, -0.25) is 0 Å². The van der Waals surface area contributed by atoms with Crippen molar-refractivity contribution in [3.05, 3.63) is 60.7 Å². The average Bonchev–Trinajstić information content (AvgIpc) is 2.83. The molecule has 5 heteroatoms. The summed E-state index contributed by atoms with van der Waals surface area (Å²) < 4.78 is 0. The van der Waals surface area contributed by atoms with Gasteiger partial charge in [0, 0.05) is 24.3 Å². The van der Waals surface area contributed by atoms with Crippen molar-refractivity contribution in [3.63, 3.8) is 0 Å². The summed E-state index contributed by atoms with van der Waals surface area (Å²) in [7, 11) is 0. The molecule has 5 nitrogen and oxygen atoms in total. The molecule has 1 heterocycles. The van der Waals surface area contributed by atoms with Crippen LogP contribution in [0, 0.1) is 0 Å². The van der Waals surface area contributed by atoms with E-state index in [9.17, 15) is 0 Å². The lowest BCUT2D eigenvalue weighted by molar-refractivity contribution is 0.282. The van der Waals surface area contributed by atoms with Crippen LogP contribution >= 0.6 is 0 Å². The minimum Gasteiger partial charge on any atom is -0.396 e. The molecule has 0 saturated carbocycles. The number of nitrogens with one attached hydrogen (secondary N) is 1. The second kappa shape index (κ2) is 13.5. The topological polar surface area (TPSA) is 70.9 Å². The maximum Gasteiger partial charge on any atom is 0.243 e. The Balaban J connectivity index is 1.49. The van der Waals surface area contributed by atoms with E-state index in [0.717, 1.165) is 48.3 Å². The Bertz CT molecular complexity index is 871. The fourth-order valence-electron chi connectivity index (χ4n) is 3.66. The van der Waals surface area contributed by atoms with Crippen LogP contribution in [-0.4, -0.2) is 33.4 Å². The molecule has 0 aliphatic carbocycles. The summed E-state index contributed by atoms with van der Waals surface area (Å²) in [6.07, 6.45) is 10.8. The van der Waals surface area contributed by atoms with Crippen molar-refractivity contribution in [3.8, 4) is 22.5 Å². The van der Waals surface area contributed by atoms with Crippen LogP contribution in [0.4, 0.5) is 5.95 Å². The van der Waals surface area contributed by atoms with Crippen LogP contribution in [0.5, 0.6) is 0 Å². The largest absolute Gasteiger partial charge is 0.396 e. The predicted molar refractivity (Wildman–Crippen MR) is 128 cm³/mol. The molecule has 0 fully saturated rings. The molecule has 0 spiro atoms. The van der Waals surface area contributed by atoms with E-state index in [0.29, 0.717) is 12.6 Å². The van der Waals surface area contributed by atoms with E-state index in [4.69, 9.17) is 10.1 Å². The zero-order valence-electron chi connectivity index (χ0n) is 18.3. The molecular weight excluding hydrogens is 384 g/mol. The zero-order chi connectivity index (χ0) is 21.6. The molecule has 0 unspecified atom stereocenters. The number of unbranched alkanes of at least 4 members (excludes halogenated alkanes) is 8. The number of aliphatic hydroxyl groups is 1. The standard InChI is InChI=1S/C26H34N4O/c31-21-15-7-5-3-1-2-4-6-14-20-27-26-28-24(22-16-10-8-11-17-22)25(29-30-26)23-18-12-9-13-19-23/h8-13,16-19,31H,1-7,14-15,20-21H2,(H,27,28,30). The number of hydrogen-bond acceptors (Lipinski definition) is 5. The van der Waals surface area contributed by atoms with Gasteiger partial charge in [0.2, 0.25) is 5.95 Å². The lowest BCUT2D eigenvalue weighted by Crippen LogP contribution is -2.08. The Hall–Kier alpha value is -2.79. The van der Waals surface area contributed by atoms with Crippen molar-refractivity contribution < 1.29 is 5.11 Å². The summed E-state index contributed by atoms with van der Waals surface area (Å²) in [6, 6.07) is 20.3. The zero-order valence-corrected chi connectivity index (χ0v) is 18.3. The minimum absolute atomic E-state index is 0.327. The maximum atomic E-state index is 8.79. The Kier molecular flexibility index (Phi) is 9.97. The van der Waals surface area contributed by atoms with Crippen LogP contribution in [0.1, 0.15) is 57.8 Å². The number of anilines is 1. The van der Waals surface area contributed by atoms with Crippen LogP contribution in [0.3, 0.4) is 0 Å². The first-order valence-corrected chi connectivity index (χ1v) is 11.6. The fourth-order valence-corrected chi connectivity index (χ4v) is 3.66. The van der Waals surface area contributed by atoms with Gasteiger partial charge in [-0.2, -0.15) is 0 Å². The molecule has 0 radical (unpaired) electrons. The van der Waals surface area contributed by atoms with Crippen LogP contribution in [-0.2, 0) is 0 Å². The summed E-state index contributed by atoms with van der Waals surface area (Å²) in [6.45, 7) is 1.19. The number of hydrogen-bond donors (Lipinski definition) is 2. The summed E-state index contributed by atoms with van der Waals surface area (Å²) in [5.74, 6) is 0.586. The van der Waals surface area contributed by atoms with Crippen molar-refractivity contribution in [2.24, 2.45) is 0 Å². The van der Waals surface area contributed by atoms with Crippen molar-refractivity contribution in [2.75, 3.05) is 18.5 Å². The molecule has 1 aromatic heterocycles. The number of aromatic nitrogens is 3. The lowest BCUT2D eigenvalue weighted by Gasteiger charge is -2.10. The fraction of sp³-hybridized carbons (Fsp3) is 0.423. The summed E-state index contributed by atoms with van der Waals surface area (Å²) in [4.78, 5) is 4.80. The second-order valence-electron chi connectivity index (χ2n) is 7.90. The van der Waals surface area contributed by atoms with E-state index in [2.05, 4.69) is 27.6 Å². The molecule has 0 saturated heterocycles. The van der Waals surface area contributed by atoms with Gasteiger partial charge in [-0.25, -0.2) is 4.98 Å². The molecule has 0 bridgehead atoms. The Morgan fingerprint density at radius 3 is 1.68 bits per heavy atom. The molecule has 3 aromatic rings. The smallest absolute Gasteiger partial charge is 0.243 e. The molecule has 164 valence electrons. The third-order valence-corrected chi connectivity index (χ3v) is 5.40. The van der Waals surface area contributed by atoms with Gasteiger partial charge in [0.05, 0.1) is 0 Å². The normalized spacial score (nSPS) is 10.9. The van der Waals surface area contributed by atoms with Gasteiger partial charge in [-0.05, 0) is 12.8 Å². The number of aliphatic hydroxyl groups excluding tert-OH is 1. The average molecular weight is 419 g/mol. The van der Waals surface area contributed by atoms with E-state index in [1.54, 1.807) is 0 Å². The van der Waals surface area contributed by atoms with Gasteiger partial charge in [-0.15, -0.1) is 10.2 Å². The monoisotopic (exact) mass is 418 g/mol. The van der Waals surface area contributed by atoms with Crippen molar-refractivity contribution >= 4 is 5.95 Å². The lowest BCUT2D eigenvalue weighted by atomic mass is 10.0. The van der Waals surface area contributed by atoms with Crippen molar-refractivity contribution in [1.82, 2.24) is 15.2 Å². The highest BCUT2D eigenvalue weighted by Gasteiger charge is 2.13. The van der Waals surface area contributed by atoms with Gasteiger partial charge in [0.1, 0.15) is 11.4 Å². The van der Waals surface area contributed by atoms with Crippen LogP contribution < -0.4 is 5.32 Å². The Morgan fingerprint density at radius 1 is 0.581 bits per heavy atom. The molecule has 3 rings (SSSR count). The molecule has 2 N–H and O–H groups in total. The van der Waals surface area contributed by atoms with Crippen molar-refractivity contribution in [2.45, 2.75) is 57.8 Å². The van der Waals surface area contributed by atoms with E-state index in [1.807, 2.05) is 48.5 Å². The molecule has 0 aliphatic heterocycles. The summed E-state index contributed by atoms with van der Waals surface area (Å²) >= 11 is 0. The van der Waals surface area contributed by atoms with E-state index >= 15 is 0 Å². The van der Waals surface area contributed by atoms with E-state index in [1.165, 1.54) is 38.5 Å². The summed E-state index contributed by atoms with van der Waals surface area (Å²) in [5.41, 5.74) is 3.71. The van der Waals surface area contributed by atoms with Crippen LogP contribution in [0.2, 0.25) is 0 Å². The van der Waals surface area contributed by atoms with Crippen LogP contribution in [0.25, 0.3) is 22.5 Å². The van der Waals surface area contributed by atoms with Gasteiger partial charge < -0.3 is 10.4 Å². The molecule has 0 amide bonds. The highest BCUT2D eigenvalue weighted by atomic mass is 16.2. The molecule has 31 heavy (non-hydrogen) atoms. The molecule has 2 aromatic carbocycles. The molecule has 0 aliphatic rings. The first-order valence-electron chi connectivity index (χ1n) is 11.6. The highest BCUT2D eigenvalue weighted by molar-refractivity contribution is 5.77. The van der Waals surface area contributed by atoms with Gasteiger partial charge >= 0.3 is 0 Å². The quantitative estimate of drug-likeness (QED) is 0.309. The van der Waals surface area contributed by atoms with Gasteiger partial charge in [-0.1, -0.05) is 106 Å². The van der Waals surface area contributed by atoms with E-state index in [-0.39, 0.29) is 0 Å². The van der Waals surface area contributed by atoms with E-state index < -0.39 is 0 Å². The third kappa shape index (κ3) is 7.76. The summed E-state index contributed by atoms with van der Waals surface area (Å²) in [5, 5.41) is 21.0. The molecule has 0 atom stereocenters. The number of benzene rings is 2. The second-order valence-corrected chi connectivity index (χ2v) is 7.90.